The Bertz CT molecular complexity index is 796. The molecular weight excluding hydrogens is 341 g/mol. The molecule has 21 heavy (non-hydrogen) atoms. The van der Waals surface area contributed by atoms with Crippen LogP contribution in [0.3, 0.4) is 0 Å². The molecule has 9 heteroatoms. The van der Waals surface area contributed by atoms with Gasteiger partial charge in [0.1, 0.15) is 20.6 Å². The molecule has 1 aromatic carbocycles. The number of para-hydroxylation sites is 1. The van der Waals surface area contributed by atoms with Gasteiger partial charge in [-0.25, -0.2) is 17.6 Å². The van der Waals surface area contributed by atoms with Crippen LogP contribution in [0.4, 0.5) is 10.1 Å². The smallest absolute Gasteiger partial charge is 0.346 e. The van der Waals surface area contributed by atoms with E-state index in [1.54, 1.807) is 0 Å². The van der Waals surface area contributed by atoms with Crippen molar-refractivity contribution in [1.29, 1.82) is 0 Å². The molecule has 0 unspecified atom stereocenters. The highest BCUT2D eigenvalue weighted by molar-refractivity contribution is 7.94. The zero-order valence-electron chi connectivity index (χ0n) is 10.6. The Balaban J connectivity index is 2.44. The summed E-state index contributed by atoms with van der Waals surface area (Å²) in [5.74, 6) is -2.04. The van der Waals surface area contributed by atoms with Crippen molar-refractivity contribution in [3.63, 3.8) is 0 Å². The summed E-state index contributed by atoms with van der Waals surface area (Å²) in [6.07, 6.45) is 0. The van der Waals surface area contributed by atoms with E-state index in [9.17, 15) is 17.6 Å². The van der Waals surface area contributed by atoms with Gasteiger partial charge in [-0.15, -0.1) is 11.3 Å². The normalized spacial score (nSPS) is 11.4. The molecule has 112 valence electrons. The molecule has 5 nitrogen and oxygen atoms in total. The minimum absolute atomic E-state index is 0.0880. The highest BCUT2D eigenvalue weighted by Crippen LogP contribution is 2.31. The van der Waals surface area contributed by atoms with Crippen molar-refractivity contribution >= 4 is 44.6 Å². The maximum absolute atomic E-state index is 13.6. The lowest BCUT2D eigenvalue weighted by atomic mass is 10.3. The highest BCUT2D eigenvalue weighted by atomic mass is 35.5. The van der Waals surface area contributed by atoms with E-state index in [1.165, 1.54) is 25.1 Å². The average molecular weight is 350 g/mol. The van der Waals surface area contributed by atoms with Crippen molar-refractivity contribution in [3.05, 3.63) is 45.5 Å². The van der Waals surface area contributed by atoms with E-state index in [2.05, 4.69) is 0 Å². The van der Waals surface area contributed by atoms with E-state index in [-0.39, 0.29) is 19.8 Å². The molecule has 0 spiro atoms. The minimum Gasteiger partial charge on any atom is -0.477 e. The molecule has 0 bridgehead atoms. The fourth-order valence-electron chi connectivity index (χ4n) is 1.58. The molecule has 0 saturated heterocycles. The summed E-state index contributed by atoms with van der Waals surface area (Å²) in [5, 5.41) is 8.84. The number of benzene rings is 1. The number of carboxylic acid groups (broad SMARTS) is 1. The molecule has 0 fully saturated rings. The Hall–Kier alpha value is -1.64. The first-order chi connectivity index (χ1) is 9.72. The van der Waals surface area contributed by atoms with Crippen LogP contribution in [0.2, 0.25) is 5.02 Å². The molecule has 0 atom stereocenters. The van der Waals surface area contributed by atoms with Crippen molar-refractivity contribution in [1.82, 2.24) is 0 Å². The average Bonchev–Trinajstić information content (AvgIpc) is 2.77. The monoisotopic (exact) mass is 349 g/mol. The summed E-state index contributed by atoms with van der Waals surface area (Å²) in [6.45, 7) is 1.48. The van der Waals surface area contributed by atoms with Crippen LogP contribution in [0.25, 0.3) is 0 Å². The summed E-state index contributed by atoms with van der Waals surface area (Å²) in [5.41, 5.74) is -0.0606. The maximum Gasteiger partial charge on any atom is 0.346 e. The molecular formula is C12H9ClFNO4S2. The van der Waals surface area contributed by atoms with Crippen LogP contribution in [-0.2, 0) is 10.0 Å². The molecule has 0 aliphatic heterocycles. The van der Waals surface area contributed by atoms with E-state index in [4.69, 9.17) is 16.7 Å². The van der Waals surface area contributed by atoms with Crippen molar-refractivity contribution in [2.75, 3.05) is 4.72 Å². The van der Waals surface area contributed by atoms with E-state index >= 15 is 0 Å². The minimum atomic E-state index is -4.11. The van der Waals surface area contributed by atoms with Crippen molar-refractivity contribution in [2.45, 2.75) is 11.1 Å². The predicted octanol–water partition coefficient (Wildman–Crippen LogP) is 3.35. The summed E-state index contributed by atoms with van der Waals surface area (Å²) < 4.78 is 39.8. The molecule has 2 aromatic rings. The van der Waals surface area contributed by atoms with Gasteiger partial charge in [-0.1, -0.05) is 17.7 Å². The Morgan fingerprint density at radius 2 is 2.10 bits per heavy atom. The summed E-state index contributed by atoms with van der Waals surface area (Å²) in [4.78, 5) is 10.9. The molecule has 0 amide bonds. The molecule has 0 aliphatic carbocycles. The second-order valence-electron chi connectivity index (χ2n) is 4.08. The number of sulfonamides is 1. The number of hydrogen-bond acceptors (Lipinski definition) is 4. The van der Waals surface area contributed by atoms with Gasteiger partial charge in [-0.05, 0) is 30.7 Å². The Labute approximate surface area is 129 Å². The standard InChI is InChI=1S/C12H9ClFNO4S2/c1-6-5-9(20-11(6)12(16)17)21(18,19)15-10-7(13)3-2-4-8(10)14/h2-5,15H,1H3,(H,16,17). The summed E-state index contributed by atoms with van der Waals surface area (Å²) in [6, 6.07) is 4.95. The first-order valence-electron chi connectivity index (χ1n) is 5.53. The fraction of sp³-hybridized carbons (Fsp3) is 0.0833. The summed E-state index contributed by atoms with van der Waals surface area (Å²) >= 11 is 6.34. The number of hydrogen-bond donors (Lipinski definition) is 2. The Morgan fingerprint density at radius 3 is 2.62 bits per heavy atom. The quantitative estimate of drug-likeness (QED) is 0.886. The lowest BCUT2D eigenvalue weighted by molar-refractivity contribution is 0.0701. The lowest BCUT2D eigenvalue weighted by Crippen LogP contribution is -2.13. The molecule has 2 rings (SSSR count). The Morgan fingerprint density at radius 1 is 1.43 bits per heavy atom. The second-order valence-corrected chi connectivity index (χ2v) is 7.45. The second kappa shape index (κ2) is 5.63. The van der Waals surface area contributed by atoms with Crippen LogP contribution in [0.5, 0.6) is 0 Å². The van der Waals surface area contributed by atoms with Gasteiger partial charge in [-0.2, -0.15) is 0 Å². The molecule has 0 saturated carbocycles. The highest BCUT2D eigenvalue weighted by Gasteiger charge is 2.23. The van der Waals surface area contributed by atoms with Gasteiger partial charge < -0.3 is 5.11 Å². The van der Waals surface area contributed by atoms with Gasteiger partial charge in [0.15, 0.2) is 0 Å². The third kappa shape index (κ3) is 3.17. The third-order valence-electron chi connectivity index (χ3n) is 2.55. The Kier molecular flexibility index (Phi) is 4.22. The van der Waals surface area contributed by atoms with E-state index < -0.39 is 21.8 Å². The number of thiophene rings is 1. The molecule has 0 radical (unpaired) electrons. The number of anilines is 1. The molecule has 0 aliphatic rings. The lowest BCUT2D eigenvalue weighted by Gasteiger charge is -2.08. The van der Waals surface area contributed by atoms with Crippen molar-refractivity contribution < 1.29 is 22.7 Å². The first-order valence-corrected chi connectivity index (χ1v) is 8.20. The van der Waals surface area contributed by atoms with Crippen LogP contribution >= 0.6 is 22.9 Å². The molecule has 1 heterocycles. The number of carbonyl (C=O) groups is 1. The van der Waals surface area contributed by atoms with Gasteiger partial charge in [-0.3, -0.25) is 4.72 Å². The largest absolute Gasteiger partial charge is 0.477 e. The van der Waals surface area contributed by atoms with Crippen LogP contribution < -0.4 is 4.72 Å². The van der Waals surface area contributed by atoms with Crippen molar-refractivity contribution in [2.24, 2.45) is 0 Å². The summed E-state index contributed by atoms with van der Waals surface area (Å²) in [7, 11) is -4.11. The number of halogens is 2. The number of rotatable bonds is 4. The maximum atomic E-state index is 13.6. The zero-order valence-corrected chi connectivity index (χ0v) is 12.9. The van der Waals surface area contributed by atoms with Crippen LogP contribution in [-0.4, -0.2) is 19.5 Å². The van der Waals surface area contributed by atoms with Gasteiger partial charge in [0.05, 0.1) is 5.02 Å². The SMILES string of the molecule is Cc1cc(S(=O)(=O)Nc2c(F)cccc2Cl)sc1C(=O)O. The number of aromatic carboxylic acids is 1. The van der Waals surface area contributed by atoms with Crippen molar-refractivity contribution in [3.8, 4) is 0 Å². The molecule has 2 N–H and O–H groups in total. The fourth-order valence-corrected chi connectivity index (χ4v) is 4.31. The third-order valence-corrected chi connectivity index (χ3v) is 5.92. The van der Waals surface area contributed by atoms with Crippen LogP contribution in [0.15, 0.2) is 28.5 Å². The van der Waals surface area contributed by atoms with Gasteiger partial charge in [0, 0.05) is 0 Å². The van der Waals surface area contributed by atoms with Gasteiger partial charge >= 0.3 is 5.97 Å². The van der Waals surface area contributed by atoms with Crippen LogP contribution in [0.1, 0.15) is 15.2 Å². The first kappa shape index (κ1) is 15.7. The topological polar surface area (TPSA) is 83.5 Å². The number of carboxylic acids is 1. The van der Waals surface area contributed by atoms with E-state index in [0.717, 1.165) is 6.07 Å². The number of nitrogens with one attached hydrogen (secondary N) is 1. The predicted molar refractivity (Wildman–Crippen MR) is 78.2 cm³/mol. The number of aryl methyl sites for hydroxylation is 1. The van der Waals surface area contributed by atoms with E-state index in [0.29, 0.717) is 16.9 Å². The van der Waals surface area contributed by atoms with Gasteiger partial charge in [0.2, 0.25) is 0 Å². The molecule has 1 aromatic heterocycles. The van der Waals surface area contributed by atoms with Gasteiger partial charge in [0.25, 0.3) is 10.0 Å². The van der Waals surface area contributed by atoms with Crippen LogP contribution in [0, 0.1) is 12.7 Å². The zero-order chi connectivity index (χ0) is 15.8. The van der Waals surface area contributed by atoms with E-state index in [1.807, 2.05) is 4.72 Å².